The van der Waals surface area contributed by atoms with Gasteiger partial charge in [-0.2, -0.15) is 0 Å². The number of aliphatic hydroxyl groups excluding tert-OH is 1. The van der Waals surface area contributed by atoms with Crippen LogP contribution in [-0.4, -0.2) is 83.9 Å². The molecule has 0 aliphatic carbocycles. The third kappa shape index (κ3) is 8.74. The van der Waals surface area contributed by atoms with Gasteiger partial charge in [-0.3, -0.25) is 14.5 Å². The first-order valence-electron chi connectivity index (χ1n) is 12.4. The van der Waals surface area contributed by atoms with Crippen molar-refractivity contribution in [3.63, 3.8) is 0 Å². The van der Waals surface area contributed by atoms with E-state index < -0.39 is 12.1 Å². The highest BCUT2D eigenvalue weighted by atomic mass is 16.5. The van der Waals surface area contributed by atoms with Crippen molar-refractivity contribution in [1.82, 2.24) is 9.80 Å². The molecule has 2 aliphatic heterocycles. The third-order valence-corrected chi connectivity index (χ3v) is 6.41. The SMILES string of the molecule is O=C(O)CCCCCCN1C(=O)CCC1C=C[C@@H](O)c1cccc(OCCN2CCOCC2)c1. The molecule has 2 atom stereocenters. The highest BCUT2D eigenvalue weighted by molar-refractivity contribution is 5.79. The molecule has 1 aromatic carbocycles. The van der Waals surface area contributed by atoms with Crippen molar-refractivity contribution in [1.29, 1.82) is 0 Å². The molecule has 2 N–H and O–H groups in total. The zero-order valence-electron chi connectivity index (χ0n) is 19.9. The van der Waals surface area contributed by atoms with Gasteiger partial charge < -0.3 is 24.6 Å². The lowest BCUT2D eigenvalue weighted by molar-refractivity contribution is -0.137. The van der Waals surface area contributed by atoms with Gasteiger partial charge in [-0.1, -0.05) is 37.1 Å². The Morgan fingerprint density at radius 3 is 2.76 bits per heavy atom. The van der Waals surface area contributed by atoms with Crippen LogP contribution in [0.5, 0.6) is 5.75 Å². The number of benzene rings is 1. The highest BCUT2D eigenvalue weighted by Gasteiger charge is 2.28. The first kappa shape index (κ1) is 26.2. The number of rotatable bonds is 14. The van der Waals surface area contributed by atoms with Crippen molar-refractivity contribution >= 4 is 11.9 Å². The van der Waals surface area contributed by atoms with E-state index in [-0.39, 0.29) is 18.4 Å². The molecule has 0 saturated carbocycles. The van der Waals surface area contributed by atoms with Gasteiger partial charge in [0, 0.05) is 39.0 Å². The topological polar surface area (TPSA) is 99.5 Å². The second-order valence-corrected chi connectivity index (χ2v) is 8.96. The minimum Gasteiger partial charge on any atom is -0.492 e. The Morgan fingerprint density at radius 2 is 1.97 bits per heavy atom. The van der Waals surface area contributed by atoms with Crippen LogP contribution in [0, 0.1) is 0 Å². The molecule has 1 aromatic rings. The summed E-state index contributed by atoms with van der Waals surface area (Å²) in [7, 11) is 0. The molecule has 34 heavy (non-hydrogen) atoms. The van der Waals surface area contributed by atoms with Crippen LogP contribution in [0.15, 0.2) is 36.4 Å². The minimum absolute atomic E-state index is 0.00544. The molecule has 8 heteroatoms. The van der Waals surface area contributed by atoms with E-state index in [1.807, 2.05) is 35.2 Å². The monoisotopic (exact) mass is 474 g/mol. The molecular weight excluding hydrogens is 436 g/mol. The summed E-state index contributed by atoms with van der Waals surface area (Å²) in [5, 5.41) is 19.4. The standard InChI is InChI=1S/C26H38N2O6/c29-24(21-6-5-7-23(20-21)34-19-16-27-14-17-33-18-15-27)11-9-22-10-12-25(30)28(22)13-4-2-1-3-8-26(31)32/h5-7,9,11,20,22,24,29H,1-4,8,10,12-19H2,(H,31,32)/t22?,24-/m1/s1. The number of amides is 1. The van der Waals surface area contributed by atoms with Gasteiger partial charge in [0.25, 0.3) is 0 Å². The Kier molecular flexibility index (Phi) is 10.9. The fourth-order valence-electron chi connectivity index (χ4n) is 4.41. The summed E-state index contributed by atoms with van der Waals surface area (Å²) in [6, 6.07) is 7.51. The zero-order chi connectivity index (χ0) is 24.2. The van der Waals surface area contributed by atoms with E-state index in [9.17, 15) is 14.7 Å². The van der Waals surface area contributed by atoms with Gasteiger partial charge in [0.05, 0.1) is 25.4 Å². The van der Waals surface area contributed by atoms with Crippen molar-refractivity contribution in [2.45, 2.75) is 57.1 Å². The van der Waals surface area contributed by atoms with E-state index in [0.29, 0.717) is 26.0 Å². The van der Waals surface area contributed by atoms with E-state index in [2.05, 4.69) is 4.90 Å². The van der Waals surface area contributed by atoms with Crippen LogP contribution in [0.4, 0.5) is 0 Å². The lowest BCUT2D eigenvalue weighted by Crippen LogP contribution is -2.38. The number of carbonyl (C=O) groups is 2. The number of carboxylic acid groups (broad SMARTS) is 1. The van der Waals surface area contributed by atoms with Crippen molar-refractivity contribution < 1.29 is 29.3 Å². The fraction of sp³-hybridized carbons (Fsp3) is 0.615. The summed E-state index contributed by atoms with van der Waals surface area (Å²) < 4.78 is 11.3. The summed E-state index contributed by atoms with van der Waals surface area (Å²) in [6.07, 6.45) is 7.72. The Bertz CT molecular complexity index is 808. The van der Waals surface area contributed by atoms with Crippen LogP contribution in [-0.2, 0) is 14.3 Å². The highest BCUT2D eigenvalue weighted by Crippen LogP contribution is 2.24. The summed E-state index contributed by atoms with van der Waals surface area (Å²) in [5.74, 6) is 0.118. The normalized spacial score (nSPS) is 20.2. The lowest BCUT2D eigenvalue weighted by atomic mass is 10.1. The number of morpholine rings is 1. The number of hydrogen-bond donors (Lipinski definition) is 2. The van der Waals surface area contributed by atoms with E-state index in [1.165, 1.54) is 0 Å². The molecule has 2 aliphatic rings. The molecule has 0 aromatic heterocycles. The van der Waals surface area contributed by atoms with Crippen molar-refractivity contribution in [2.24, 2.45) is 0 Å². The summed E-state index contributed by atoms with van der Waals surface area (Å²) in [6.45, 7) is 5.50. The van der Waals surface area contributed by atoms with Crippen LogP contribution in [0.1, 0.15) is 56.6 Å². The second kappa shape index (κ2) is 14.1. The van der Waals surface area contributed by atoms with Gasteiger partial charge in [-0.25, -0.2) is 0 Å². The summed E-state index contributed by atoms with van der Waals surface area (Å²) in [4.78, 5) is 27.1. The van der Waals surface area contributed by atoms with Crippen molar-refractivity contribution in [3.8, 4) is 5.75 Å². The molecule has 8 nitrogen and oxygen atoms in total. The Morgan fingerprint density at radius 1 is 1.18 bits per heavy atom. The predicted molar refractivity (Wildman–Crippen MR) is 129 cm³/mol. The van der Waals surface area contributed by atoms with Crippen LogP contribution >= 0.6 is 0 Å². The molecule has 0 bridgehead atoms. The van der Waals surface area contributed by atoms with Gasteiger partial charge in [0.1, 0.15) is 12.4 Å². The van der Waals surface area contributed by atoms with E-state index >= 15 is 0 Å². The third-order valence-electron chi connectivity index (χ3n) is 6.41. The minimum atomic E-state index is -0.767. The molecule has 2 heterocycles. The number of aliphatic hydroxyl groups is 1. The molecule has 3 rings (SSSR count). The maximum absolute atomic E-state index is 12.3. The summed E-state index contributed by atoms with van der Waals surface area (Å²) >= 11 is 0. The van der Waals surface area contributed by atoms with Gasteiger partial charge in [-0.05, 0) is 37.0 Å². The average Bonchev–Trinajstić information content (AvgIpc) is 3.19. The first-order valence-corrected chi connectivity index (χ1v) is 12.4. The lowest BCUT2D eigenvalue weighted by Gasteiger charge is -2.26. The molecule has 0 radical (unpaired) electrons. The van der Waals surface area contributed by atoms with Crippen LogP contribution in [0.2, 0.25) is 0 Å². The Labute approximate surface area is 202 Å². The summed E-state index contributed by atoms with van der Waals surface area (Å²) in [5.41, 5.74) is 0.759. The Balaban J connectivity index is 1.44. The zero-order valence-corrected chi connectivity index (χ0v) is 19.9. The molecular formula is C26H38N2O6. The molecule has 2 fully saturated rings. The quantitative estimate of drug-likeness (QED) is 0.316. The molecule has 0 spiro atoms. The van der Waals surface area contributed by atoms with E-state index in [1.54, 1.807) is 6.08 Å². The van der Waals surface area contributed by atoms with Crippen LogP contribution in [0.25, 0.3) is 0 Å². The van der Waals surface area contributed by atoms with Gasteiger partial charge in [0.2, 0.25) is 5.91 Å². The largest absolute Gasteiger partial charge is 0.492 e. The number of hydrogen-bond acceptors (Lipinski definition) is 6. The average molecular weight is 475 g/mol. The predicted octanol–water partition coefficient (Wildman–Crippen LogP) is 3.01. The first-order chi connectivity index (χ1) is 16.5. The molecule has 2 saturated heterocycles. The maximum atomic E-state index is 12.3. The van der Waals surface area contributed by atoms with Crippen LogP contribution < -0.4 is 4.74 Å². The molecule has 188 valence electrons. The van der Waals surface area contributed by atoms with Crippen molar-refractivity contribution in [2.75, 3.05) is 46.0 Å². The number of ether oxygens (including phenoxy) is 2. The van der Waals surface area contributed by atoms with E-state index in [4.69, 9.17) is 14.6 Å². The van der Waals surface area contributed by atoms with E-state index in [0.717, 1.165) is 69.8 Å². The number of unbranched alkanes of at least 4 members (excludes halogenated alkanes) is 3. The second-order valence-electron chi connectivity index (χ2n) is 8.96. The molecule has 1 amide bonds. The molecule has 1 unspecified atom stereocenters. The van der Waals surface area contributed by atoms with Gasteiger partial charge in [0.15, 0.2) is 0 Å². The van der Waals surface area contributed by atoms with Gasteiger partial charge in [-0.15, -0.1) is 0 Å². The number of likely N-dealkylation sites (tertiary alicyclic amines) is 1. The number of carbonyl (C=O) groups excluding carboxylic acids is 1. The number of nitrogens with zero attached hydrogens (tertiary/aromatic N) is 2. The Hall–Kier alpha value is -2.42. The number of carboxylic acids is 1. The fourth-order valence-corrected chi connectivity index (χ4v) is 4.41. The van der Waals surface area contributed by atoms with Gasteiger partial charge >= 0.3 is 5.97 Å². The van der Waals surface area contributed by atoms with Crippen LogP contribution in [0.3, 0.4) is 0 Å². The maximum Gasteiger partial charge on any atom is 0.303 e. The number of aliphatic carboxylic acids is 1. The smallest absolute Gasteiger partial charge is 0.303 e. The van der Waals surface area contributed by atoms with Crippen molar-refractivity contribution in [3.05, 3.63) is 42.0 Å².